The van der Waals surface area contributed by atoms with E-state index in [1.165, 1.54) is 17.8 Å². The van der Waals surface area contributed by atoms with Crippen molar-refractivity contribution < 1.29 is 9.53 Å². The molecule has 1 aromatic carbocycles. The van der Waals surface area contributed by atoms with E-state index >= 15 is 0 Å². The van der Waals surface area contributed by atoms with Crippen molar-refractivity contribution in [3.8, 4) is 5.75 Å². The largest absolute Gasteiger partial charge is 0.486 e. The van der Waals surface area contributed by atoms with E-state index < -0.39 is 0 Å². The number of rotatable bonds is 5. The molecule has 2 atom stereocenters. The van der Waals surface area contributed by atoms with Crippen LogP contribution in [0.1, 0.15) is 48.2 Å². The van der Waals surface area contributed by atoms with Crippen LogP contribution in [0.25, 0.3) is 0 Å². The molecule has 2 unspecified atom stereocenters. The van der Waals surface area contributed by atoms with Crippen LogP contribution in [0.3, 0.4) is 0 Å². The molecule has 2 saturated carbocycles. The number of hydrogen-bond donors (Lipinski definition) is 2. The van der Waals surface area contributed by atoms with Crippen molar-refractivity contribution in [2.45, 2.75) is 50.8 Å². The number of nitrogens with two attached hydrogens (primary N) is 1. The maximum atomic E-state index is 13.0. The molecule has 0 radical (unpaired) electrons. The van der Waals surface area contributed by atoms with Crippen LogP contribution in [0.15, 0.2) is 35.2 Å². The van der Waals surface area contributed by atoms with Gasteiger partial charge >= 0.3 is 0 Å². The SMILES string of the molecule is Cl.Cl.NC1CC2CCCC(C1)C2NC(=O)c1ccccc1OCc1cscn1. The van der Waals surface area contributed by atoms with Gasteiger partial charge in [-0.25, -0.2) is 4.98 Å². The van der Waals surface area contributed by atoms with Crippen molar-refractivity contribution in [1.29, 1.82) is 0 Å². The molecule has 2 aromatic rings. The molecule has 4 rings (SSSR count). The number of carbonyl (C=O) groups is 1. The number of para-hydroxylation sites is 1. The lowest BCUT2D eigenvalue weighted by molar-refractivity contribution is 0.0752. The molecule has 0 saturated heterocycles. The Hall–Kier alpha value is -1.34. The molecule has 2 aliphatic rings. The van der Waals surface area contributed by atoms with Crippen LogP contribution >= 0.6 is 36.2 Å². The molecule has 1 amide bonds. The third-order valence-corrected chi connectivity index (χ3v) is 6.30. The van der Waals surface area contributed by atoms with Crippen LogP contribution in [0.5, 0.6) is 5.75 Å². The van der Waals surface area contributed by atoms with Gasteiger partial charge in [0.05, 0.1) is 16.8 Å². The van der Waals surface area contributed by atoms with Gasteiger partial charge in [-0.1, -0.05) is 18.6 Å². The smallest absolute Gasteiger partial charge is 0.255 e. The summed E-state index contributed by atoms with van der Waals surface area (Å²) in [5, 5.41) is 5.26. The van der Waals surface area contributed by atoms with Gasteiger partial charge in [0, 0.05) is 17.5 Å². The fourth-order valence-electron chi connectivity index (χ4n) is 4.49. The zero-order valence-electron chi connectivity index (χ0n) is 15.6. The zero-order chi connectivity index (χ0) is 17.9. The molecule has 0 aliphatic heterocycles. The van der Waals surface area contributed by atoms with Gasteiger partial charge in [-0.3, -0.25) is 4.79 Å². The first-order valence-electron chi connectivity index (χ1n) is 9.36. The zero-order valence-corrected chi connectivity index (χ0v) is 18.0. The summed E-state index contributed by atoms with van der Waals surface area (Å²) in [4.78, 5) is 17.2. The second-order valence-corrected chi connectivity index (χ2v) is 8.17. The highest BCUT2D eigenvalue weighted by atomic mass is 35.5. The minimum atomic E-state index is -0.0451. The van der Waals surface area contributed by atoms with Crippen molar-refractivity contribution in [1.82, 2.24) is 10.3 Å². The number of aromatic nitrogens is 1. The highest BCUT2D eigenvalue weighted by molar-refractivity contribution is 7.07. The van der Waals surface area contributed by atoms with Gasteiger partial charge in [-0.05, 0) is 49.7 Å². The van der Waals surface area contributed by atoms with E-state index in [4.69, 9.17) is 10.5 Å². The summed E-state index contributed by atoms with van der Waals surface area (Å²) < 4.78 is 5.87. The Morgan fingerprint density at radius 3 is 2.61 bits per heavy atom. The summed E-state index contributed by atoms with van der Waals surface area (Å²) in [6, 6.07) is 7.97. The van der Waals surface area contributed by atoms with Crippen LogP contribution in [0, 0.1) is 11.8 Å². The average Bonchev–Trinajstić information content (AvgIpc) is 3.14. The molecular formula is C20H27Cl2N3O2S. The standard InChI is InChI=1S/C20H25N3O2S.2ClH/c21-15-8-13-4-3-5-14(9-15)19(13)23-20(24)17-6-1-2-7-18(17)25-10-16-11-26-12-22-16;;/h1-2,6-7,11-15,19H,3-5,8-10,21H2,(H,23,24);2*1H. The van der Waals surface area contributed by atoms with Crippen LogP contribution in [-0.2, 0) is 6.61 Å². The van der Waals surface area contributed by atoms with Crippen LogP contribution < -0.4 is 15.8 Å². The molecule has 8 heteroatoms. The predicted octanol–water partition coefficient (Wildman–Crippen LogP) is 4.20. The monoisotopic (exact) mass is 443 g/mol. The number of nitrogens with zero attached hydrogens (tertiary/aromatic N) is 1. The van der Waals surface area contributed by atoms with E-state index in [1.54, 1.807) is 5.51 Å². The van der Waals surface area contributed by atoms with Gasteiger partial charge in [0.2, 0.25) is 0 Å². The van der Waals surface area contributed by atoms with Gasteiger partial charge in [0.25, 0.3) is 5.91 Å². The highest BCUT2D eigenvalue weighted by Gasteiger charge is 2.40. The quantitative estimate of drug-likeness (QED) is 0.725. The van der Waals surface area contributed by atoms with E-state index in [0.29, 0.717) is 29.8 Å². The maximum Gasteiger partial charge on any atom is 0.255 e. The predicted molar refractivity (Wildman–Crippen MR) is 117 cm³/mol. The van der Waals surface area contributed by atoms with Gasteiger partial charge in [0.1, 0.15) is 12.4 Å². The molecule has 5 nitrogen and oxygen atoms in total. The Bertz CT molecular complexity index is 746. The average molecular weight is 444 g/mol. The Balaban J connectivity index is 0.00000140. The lowest BCUT2D eigenvalue weighted by Crippen LogP contribution is -2.53. The molecule has 2 bridgehead atoms. The number of thiazole rings is 1. The van der Waals surface area contributed by atoms with Crippen molar-refractivity contribution in [2.75, 3.05) is 0 Å². The molecule has 0 spiro atoms. The first-order valence-corrected chi connectivity index (χ1v) is 10.3. The first kappa shape index (κ1) is 22.9. The fourth-order valence-corrected chi connectivity index (χ4v) is 5.04. The van der Waals surface area contributed by atoms with Crippen LogP contribution in [-0.4, -0.2) is 23.0 Å². The second kappa shape index (κ2) is 10.4. The first-order chi connectivity index (χ1) is 12.7. The Labute approximate surface area is 182 Å². The van der Waals surface area contributed by atoms with E-state index in [2.05, 4.69) is 10.3 Å². The molecular weight excluding hydrogens is 417 g/mol. The number of halogens is 2. The van der Waals surface area contributed by atoms with Gasteiger partial charge in [-0.2, -0.15) is 0 Å². The summed E-state index contributed by atoms with van der Waals surface area (Å²) in [6.07, 6.45) is 5.61. The number of benzene rings is 1. The van der Waals surface area contributed by atoms with Crippen molar-refractivity contribution >= 4 is 42.1 Å². The van der Waals surface area contributed by atoms with Crippen LogP contribution in [0.2, 0.25) is 0 Å². The van der Waals surface area contributed by atoms with Gasteiger partial charge in [0.15, 0.2) is 0 Å². The lowest BCUT2D eigenvalue weighted by atomic mass is 9.67. The molecule has 28 heavy (non-hydrogen) atoms. The van der Waals surface area contributed by atoms with E-state index in [0.717, 1.165) is 31.4 Å². The molecule has 3 N–H and O–H groups in total. The van der Waals surface area contributed by atoms with Crippen molar-refractivity contribution in [2.24, 2.45) is 17.6 Å². The second-order valence-electron chi connectivity index (χ2n) is 7.45. The number of carbonyl (C=O) groups excluding carboxylic acids is 1. The van der Waals surface area contributed by atoms with E-state index in [9.17, 15) is 4.79 Å². The summed E-state index contributed by atoms with van der Waals surface area (Å²) in [5.74, 6) is 1.57. The normalized spacial score (nSPS) is 25.8. The minimum absolute atomic E-state index is 0. The van der Waals surface area contributed by atoms with Gasteiger partial charge < -0.3 is 15.8 Å². The number of amides is 1. The summed E-state index contributed by atoms with van der Waals surface area (Å²) >= 11 is 1.54. The lowest BCUT2D eigenvalue weighted by Gasteiger charge is -2.45. The highest BCUT2D eigenvalue weighted by Crippen LogP contribution is 2.40. The van der Waals surface area contributed by atoms with E-state index in [-0.39, 0.29) is 42.8 Å². The number of hydrogen-bond acceptors (Lipinski definition) is 5. The molecule has 2 fully saturated rings. The number of fused-ring (bicyclic) bond motifs is 2. The topological polar surface area (TPSA) is 77.2 Å². The minimum Gasteiger partial charge on any atom is -0.486 e. The molecule has 2 aliphatic carbocycles. The van der Waals surface area contributed by atoms with E-state index in [1.807, 2.05) is 29.6 Å². The Kier molecular flexibility index (Phi) is 8.56. The Morgan fingerprint density at radius 2 is 1.93 bits per heavy atom. The summed E-state index contributed by atoms with van der Waals surface area (Å²) in [5.41, 5.74) is 9.45. The summed E-state index contributed by atoms with van der Waals surface area (Å²) in [6.45, 7) is 0.372. The van der Waals surface area contributed by atoms with Crippen molar-refractivity contribution in [3.63, 3.8) is 0 Å². The molecule has 154 valence electrons. The maximum absolute atomic E-state index is 13.0. The van der Waals surface area contributed by atoms with Crippen molar-refractivity contribution in [3.05, 3.63) is 46.4 Å². The summed E-state index contributed by atoms with van der Waals surface area (Å²) in [7, 11) is 0. The third kappa shape index (κ3) is 5.17. The molecule has 1 aromatic heterocycles. The number of ether oxygens (including phenoxy) is 1. The van der Waals surface area contributed by atoms with Gasteiger partial charge in [-0.15, -0.1) is 36.2 Å². The molecule has 1 heterocycles. The van der Waals surface area contributed by atoms with Crippen LogP contribution in [0.4, 0.5) is 0 Å². The fraction of sp³-hybridized carbons (Fsp3) is 0.500. The Morgan fingerprint density at radius 1 is 1.21 bits per heavy atom. The third-order valence-electron chi connectivity index (χ3n) is 5.67. The number of nitrogens with one attached hydrogen (secondary N) is 1.